The quantitative estimate of drug-likeness (QED) is 0.769. The number of benzene rings is 1. The van der Waals surface area contributed by atoms with Crippen molar-refractivity contribution in [1.29, 1.82) is 0 Å². The molecule has 0 atom stereocenters. The van der Waals surface area contributed by atoms with Gasteiger partial charge in [0.2, 0.25) is 0 Å². The third kappa shape index (κ3) is 3.47. The number of rotatable bonds is 1. The highest BCUT2D eigenvalue weighted by Crippen LogP contribution is 2.14. The number of nitrogens with one attached hydrogen (secondary N) is 1. The summed E-state index contributed by atoms with van der Waals surface area (Å²) in [5, 5.41) is 0. The smallest absolute Gasteiger partial charge is 0.335 e. The van der Waals surface area contributed by atoms with Crippen molar-refractivity contribution in [2.24, 2.45) is 0 Å². The molecule has 0 fully saturated rings. The number of alkyl halides is 3. The molecule has 1 aromatic carbocycles. The van der Waals surface area contributed by atoms with Gasteiger partial charge in [0.15, 0.2) is 0 Å². The molecule has 0 aromatic heterocycles. The molecule has 92 valence electrons. The molecule has 0 aliphatic carbocycles. The van der Waals surface area contributed by atoms with Gasteiger partial charge in [-0.1, -0.05) is 18.2 Å². The molecule has 0 spiro atoms. The second-order valence-electron chi connectivity index (χ2n) is 3.13. The highest BCUT2D eigenvalue weighted by molar-refractivity contribution is 5.92. The Labute approximate surface area is 94.3 Å². The fourth-order valence-electron chi connectivity index (χ4n) is 1.01. The van der Waals surface area contributed by atoms with Crippen molar-refractivity contribution in [2.75, 3.05) is 0 Å². The van der Waals surface area contributed by atoms with E-state index in [4.69, 9.17) is 0 Å². The van der Waals surface area contributed by atoms with E-state index in [1.807, 2.05) is 0 Å². The predicted molar refractivity (Wildman–Crippen MR) is 50.8 cm³/mol. The van der Waals surface area contributed by atoms with Gasteiger partial charge in [-0.15, -0.1) is 0 Å². The van der Waals surface area contributed by atoms with Crippen LogP contribution >= 0.6 is 0 Å². The van der Waals surface area contributed by atoms with E-state index in [2.05, 4.69) is 4.84 Å². The summed E-state index contributed by atoms with van der Waals surface area (Å²) in [6.07, 6.45) is -5.09. The lowest BCUT2D eigenvalue weighted by Crippen LogP contribution is -2.38. The van der Waals surface area contributed by atoms with Gasteiger partial charge in [0.25, 0.3) is 0 Å². The first-order valence-electron chi connectivity index (χ1n) is 4.46. The van der Waals surface area contributed by atoms with Gasteiger partial charge in [-0.25, -0.2) is 4.79 Å². The number of hydrogen-bond acceptors (Lipinski definition) is 3. The van der Waals surface area contributed by atoms with E-state index in [1.165, 1.54) is 12.1 Å². The average molecular weight is 247 g/mol. The predicted octanol–water partition coefficient (Wildman–Crippen LogP) is 1.75. The van der Waals surface area contributed by atoms with Gasteiger partial charge in [0, 0.05) is 0 Å². The van der Waals surface area contributed by atoms with Gasteiger partial charge < -0.3 is 4.84 Å². The SMILES string of the molecule is Cc1ccccc1C(=O)ONC(=O)C(F)(F)F. The van der Waals surface area contributed by atoms with Crippen molar-refractivity contribution >= 4 is 11.9 Å². The summed E-state index contributed by atoms with van der Waals surface area (Å²) >= 11 is 0. The largest absolute Gasteiger partial charge is 0.474 e. The second-order valence-corrected chi connectivity index (χ2v) is 3.13. The van der Waals surface area contributed by atoms with Gasteiger partial charge in [0.05, 0.1) is 5.56 Å². The van der Waals surface area contributed by atoms with Crippen LogP contribution in [-0.2, 0) is 9.63 Å². The molecule has 0 unspecified atom stereocenters. The van der Waals surface area contributed by atoms with Gasteiger partial charge in [-0.05, 0) is 18.6 Å². The molecule has 7 heteroatoms. The number of carbonyl (C=O) groups excluding carboxylic acids is 2. The van der Waals surface area contributed by atoms with Crippen LogP contribution in [0.25, 0.3) is 0 Å². The van der Waals surface area contributed by atoms with Crippen LogP contribution in [0.15, 0.2) is 24.3 Å². The molecule has 1 N–H and O–H groups in total. The fourth-order valence-corrected chi connectivity index (χ4v) is 1.01. The maximum absolute atomic E-state index is 11.8. The molecule has 1 amide bonds. The van der Waals surface area contributed by atoms with Crippen molar-refractivity contribution < 1.29 is 27.6 Å². The molecular weight excluding hydrogens is 239 g/mol. The Morgan fingerprint density at radius 2 is 1.82 bits per heavy atom. The van der Waals surface area contributed by atoms with Crippen LogP contribution in [0.2, 0.25) is 0 Å². The van der Waals surface area contributed by atoms with E-state index in [-0.39, 0.29) is 5.56 Å². The molecule has 0 aliphatic heterocycles. The Hall–Kier alpha value is -2.05. The number of halogens is 3. The molecular formula is C10H8F3NO3. The molecule has 4 nitrogen and oxygen atoms in total. The van der Waals surface area contributed by atoms with E-state index in [9.17, 15) is 22.8 Å². The van der Waals surface area contributed by atoms with Crippen LogP contribution in [0.4, 0.5) is 13.2 Å². The minimum absolute atomic E-state index is 0.0787. The van der Waals surface area contributed by atoms with Crippen LogP contribution in [-0.4, -0.2) is 18.1 Å². The lowest BCUT2D eigenvalue weighted by atomic mass is 10.1. The number of hydroxylamine groups is 1. The van der Waals surface area contributed by atoms with Crippen LogP contribution < -0.4 is 5.48 Å². The van der Waals surface area contributed by atoms with Crippen LogP contribution in [0.3, 0.4) is 0 Å². The number of aryl methyl sites for hydroxylation is 1. The zero-order valence-corrected chi connectivity index (χ0v) is 8.67. The van der Waals surface area contributed by atoms with E-state index in [1.54, 1.807) is 19.1 Å². The first-order chi connectivity index (χ1) is 7.82. The minimum atomic E-state index is -5.09. The highest BCUT2D eigenvalue weighted by Gasteiger charge is 2.39. The molecule has 0 bridgehead atoms. The summed E-state index contributed by atoms with van der Waals surface area (Å²) in [5.41, 5.74) is 1.64. The normalized spacial score (nSPS) is 10.8. The average Bonchev–Trinajstić information content (AvgIpc) is 2.24. The summed E-state index contributed by atoms with van der Waals surface area (Å²) in [6.45, 7) is 1.59. The molecule has 1 rings (SSSR count). The van der Waals surface area contributed by atoms with Crippen molar-refractivity contribution in [1.82, 2.24) is 5.48 Å². The monoisotopic (exact) mass is 247 g/mol. The summed E-state index contributed by atoms with van der Waals surface area (Å²) in [5.74, 6) is -3.39. The highest BCUT2D eigenvalue weighted by atomic mass is 19.4. The van der Waals surface area contributed by atoms with Gasteiger partial charge in [0.1, 0.15) is 0 Å². The Morgan fingerprint density at radius 3 is 2.35 bits per heavy atom. The number of amides is 1. The van der Waals surface area contributed by atoms with E-state index >= 15 is 0 Å². The lowest BCUT2D eigenvalue weighted by Gasteiger charge is -2.08. The first kappa shape index (κ1) is 13.0. The van der Waals surface area contributed by atoms with E-state index in [0.717, 1.165) is 5.48 Å². The van der Waals surface area contributed by atoms with Crippen LogP contribution in [0, 0.1) is 6.92 Å². The minimum Gasteiger partial charge on any atom is -0.335 e. The van der Waals surface area contributed by atoms with Crippen molar-refractivity contribution in [3.05, 3.63) is 35.4 Å². The second kappa shape index (κ2) is 4.86. The standard InChI is InChI=1S/C10H8F3NO3/c1-6-4-2-3-5-7(6)8(15)17-14-9(16)10(11,12)13/h2-5H,1H3,(H,14,16). The van der Waals surface area contributed by atoms with Gasteiger partial charge in [-0.2, -0.15) is 18.7 Å². The summed E-state index contributed by atoms with van der Waals surface area (Å²) in [6, 6.07) is 6.13. The lowest BCUT2D eigenvalue weighted by molar-refractivity contribution is -0.182. The molecule has 0 heterocycles. The Kier molecular flexibility index (Phi) is 3.72. The molecule has 1 aromatic rings. The summed E-state index contributed by atoms with van der Waals surface area (Å²) < 4.78 is 35.3. The van der Waals surface area contributed by atoms with E-state index < -0.39 is 18.1 Å². The van der Waals surface area contributed by atoms with Gasteiger partial charge in [-0.3, -0.25) is 4.79 Å². The maximum atomic E-state index is 11.8. The number of hydrogen-bond donors (Lipinski definition) is 1. The fraction of sp³-hybridized carbons (Fsp3) is 0.200. The molecule has 0 saturated carbocycles. The van der Waals surface area contributed by atoms with Crippen LogP contribution in [0.5, 0.6) is 0 Å². The topological polar surface area (TPSA) is 55.4 Å². The molecule has 0 saturated heterocycles. The third-order valence-corrected chi connectivity index (χ3v) is 1.86. The molecule has 0 aliphatic rings. The van der Waals surface area contributed by atoms with E-state index in [0.29, 0.717) is 5.56 Å². The van der Waals surface area contributed by atoms with Crippen LogP contribution in [0.1, 0.15) is 15.9 Å². The Morgan fingerprint density at radius 1 is 1.24 bits per heavy atom. The summed E-state index contributed by atoms with van der Waals surface area (Å²) in [4.78, 5) is 25.7. The zero-order valence-electron chi connectivity index (χ0n) is 8.67. The molecule has 17 heavy (non-hydrogen) atoms. The van der Waals surface area contributed by atoms with Crippen molar-refractivity contribution in [2.45, 2.75) is 13.1 Å². The molecule has 0 radical (unpaired) electrons. The summed E-state index contributed by atoms with van der Waals surface area (Å²) in [7, 11) is 0. The third-order valence-electron chi connectivity index (χ3n) is 1.86. The van der Waals surface area contributed by atoms with Crippen molar-refractivity contribution in [3.63, 3.8) is 0 Å². The maximum Gasteiger partial charge on any atom is 0.474 e. The van der Waals surface area contributed by atoms with Crippen molar-refractivity contribution in [3.8, 4) is 0 Å². The first-order valence-corrected chi connectivity index (χ1v) is 4.46. The van der Waals surface area contributed by atoms with Gasteiger partial charge >= 0.3 is 18.1 Å². The number of carbonyl (C=O) groups is 2. The Balaban J connectivity index is 2.63. The zero-order chi connectivity index (χ0) is 13.1. The Bertz CT molecular complexity index is 443.